The minimum Gasteiger partial charge on any atom is -0.493 e. The van der Waals surface area contributed by atoms with Crippen molar-refractivity contribution in [2.24, 2.45) is 0 Å². The third kappa shape index (κ3) is 15.3. The van der Waals surface area contributed by atoms with E-state index in [0.29, 0.717) is 115 Å². The van der Waals surface area contributed by atoms with Gasteiger partial charge in [0.05, 0.1) is 64.5 Å². The molecule has 4 aromatic rings. The predicted molar refractivity (Wildman–Crippen MR) is 300 cm³/mol. The van der Waals surface area contributed by atoms with Crippen LogP contribution in [0.5, 0.6) is 34.5 Å². The molecule has 0 aromatic heterocycles. The zero-order valence-corrected chi connectivity index (χ0v) is 48.7. The number of rotatable bonds is 20. The Hall–Kier alpha value is -6.12. The molecule has 4 N–H and O–H groups in total. The number of amides is 4. The minimum absolute atomic E-state index is 0.0111. The van der Waals surface area contributed by atoms with Crippen molar-refractivity contribution in [1.82, 2.24) is 21.3 Å². The Balaban J connectivity index is 0.000000294. The molecule has 0 unspecified atom stereocenters. The summed E-state index contributed by atoms with van der Waals surface area (Å²) in [6.07, 6.45) is -1.84. The van der Waals surface area contributed by atoms with E-state index in [1.54, 1.807) is 61.4 Å². The van der Waals surface area contributed by atoms with Crippen molar-refractivity contribution in [3.63, 3.8) is 0 Å². The summed E-state index contributed by atoms with van der Waals surface area (Å²) >= 11 is 5.19. The second-order valence-electron chi connectivity index (χ2n) is 17.7. The van der Waals surface area contributed by atoms with Gasteiger partial charge in [0.1, 0.15) is 12.1 Å². The number of carbonyl (C=O) groups excluding carboxylic acids is 4. The average Bonchev–Trinajstić information content (AvgIpc) is 3.87. The van der Waals surface area contributed by atoms with Crippen LogP contribution in [0.4, 0.5) is 26.3 Å². The molecule has 2 aliphatic carbocycles. The molecule has 16 nitrogen and oxygen atoms in total. The number of carbonyl (C=O) groups is 4. The van der Waals surface area contributed by atoms with Crippen molar-refractivity contribution < 1.29 is 73.9 Å². The number of nitrogens with one attached hydrogen (secondary N) is 4. The van der Waals surface area contributed by atoms with E-state index in [-0.39, 0.29) is 23.7 Å². The Labute approximate surface area is 475 Å². The first-order chi connectivity index (χ1) is 38.0. The topological polar surface area (TPSA) is 206 Å². The number of fused-ring (bicyclic) bond motifs is 6. The molecule has 6 rings (SSSR count). The van der Waals surface area contributed by atoms with Gasteiger partial charge in [-0.15, -0.1) is 23.5 Å². The molecule has 0 radical (unpaired) electrons. The Morgan fingerprint density at radius 2 is 0.887 bits per heavy atom. The fourth-order valence-electron chi connectivity index (χ4n) is 9.27. The van der Waals surface area contributed by atoms with Crippen molar-refractivity contribution in [3.05, 3.63) is 91.2 Å². The third-order valence-corrected chi connectivity index (χ3v) is 15.9. The quantitative estimate of drug-likeness (QED) is 0.0482. The first-order valence-corrected chi connectivity index (χ1v) is 29.7. The zero-order chi connectivity index (χ0) is 59.2. The van der Waals surface area contributed by atoms with Crippen LogP contribution in [0, 0.1) is 0 Å². The van der Waals surface area contributed by atoms with Crippen molar-refractivity contribution in [3.8, 4) is 56.8 Å². The van der Waals surface area contributed by atoms with Crippen molar-refractivity contribution in [2.45, 2.75) is 84.8 Å². The van der Waals surface area contributed by atoms with E-state index in [9.17, 15) is 55.1 Å². The number of halogens is 6. The second kappa shape index (κ2) is 29.0. The maximum Gasteiger partial charge on any atom is 0.471 e. The molecule has 436 valence electrons. The van der Waals surface area contributed by atoms with E-state index >= 15 is 0 Å². The molecule has 0 bridgehead atoms. The molecular formula is C54H62F6N4O12S4. The zero-order valence-electron chi connectivity index (χ0n) is 45.4. The predicted octanol–water partition coefficient (Wildman–Crippen LogP) is 8.73. The summed E-state index contributed by atoms with van der Waals surface area (Å²) < 4.78 is 112. The Bertz CT molecular complexity index is 2850. The summed E-state index contributed by atoms with van der Waals surface area (Å²) in [5.41, 5.74) is 4.48. The second-order valence-corrected chi connectivity index (χ2v) is 21.4. The fraction of sp³-hybridized carbons (Fsp3) is 0.444. The third-order valence-electron chi connectivity index (χ3n) is 13.1. The van der Waals surface area contributed by atoms with Gasteiger partial charge in [-0.05, 0) is 145 Å². The van der Waals surface area contributed by atoms with Crippen LogP contribution in [-0.4, -0.2) is 127 Å². The summed E-state index contributed by atoms with van der Waals surface area (Å²) in [6.45, 7) is 0. The molecular weight excluding hydrogens is 1140 g/mol. The number of ether oxygens (including phenoxy) is 6. The first-order valence-electron chi connectivity index (χ1n) is 24.4. The summed E-state index contributed by atoms with van der Waals surface area (Å²) in [7, 11) is 8.91. The van der Waals surface area contributed by atoms with Crippen LogP contribution in [0.1, 0.15) is 60.0 Å². The smallest absolute Gasteiger partial charge is 0.471 e. The van der Waals surface area contributed by atoms with E-state index in [4.69, 9.17) is 28.4 Å². The Morgan fingerprint density at radius 1 is 0.537 bits per heavy atom. The van der Waals surface area contributed by atoms with Gasteiger partial charge in [0, 0.05) is 11.1 Å². The molecule has 26 heteroatoms. The van der Waals surface area contributed by atoms with Gasteiger partial charge in [-0.3, -0.25) is 28.8 Å². The van der Waals surface area contributed by atoms with Crippen molar-refractivity contribution in [1.29, 1.82) is 0 Å². The van der Waals surface area contributed by atoms with Gasteiger partial charge < -0.3 is 49.7 Å². The lowest BCUT2D eigenvalue weighted by atomic mass is 9.95. The molecule has 0 fully saturated rings. The van der Waals surface area contributed by atoms with Crippen LogP contribution < -0.4 is 60.5 Å². The van der Waals surface area contributed by atoms with Crippen LogP contribution in [0.2, 0.25) is 0 Å². The summed E-state index contributed by atoms with van der Waals surface area (Å²) in [4.78, 5) is 77.2. The summed E-state index contributed by atoms with van der Waals surface area (Å²) in [6, 6.07) is 9.00. The highest BCUT2D eigenvalue weighted by atomic mass is 32.2. The van der Waals surface area contributed by atoms with E-state index in [1.165, 1.54) is 102 Å². The molecule has 0 aliphatic heterocycles. The monoisotopic (exact) mass is 1200 g/mol. The van der Waals surface area contributed by atoms with Crippen molar-refractivity contribution in [2.75, 3.05) is 79.2 Å². The maximum atomic E-state index is 13.3. The number of aryl methyl sites for hydroxylation is 2. The lowest BCUT2D eigenvalue weighted by molar-refractivity contribution is -0.174. The average molecular weight is 1200 g/mol. The maximum absolute atomic E-state index is 13.3. The molecule has 4 amide bonds. The van der Waals surface area contributed by atoms with Gasteiger partial charge in [0.25, 0.3) is 0 Å². The standard InChI is InChI=1S/2C27H31F3N2O6S2/c2*1-36-20-12-14-6-8-17(31-25(34)18(10-11-39-4)32-26(35)27(28,29)30)16-13-19(33)21(40-5)9-7-15(16)22(14)24(38-3)23(20)37-2/h2*7,9,12-13,17-18H,6,8,10-11H2,1-5H3,(H,31,34)(H,32,35)/t17-,18+;17-,18-/m00/s1. The number of hydrogen-bond donors (Lipinski definition) is 4. The normalized spacial score (nSPS) is 15.2. The lowest BCUT2D eigenvalue weighted by Crippen LogP contribution is -2.51. The van der Waals surface area contributed by atoms with E-state index in [2.05, 4.69) is 10.6 Å². The summed E-state index contributed by atoms with van der Waals surface area (Å²) in [5, 5.41) is 9.25. The van der Waals surface area contributed by atoms with Gasteiger partial charge >= 0.3 is 24.2 Å². The van der Waals surface area contributed by atoms with Gasteiger partial charge in [-0.1, -0.05) is 12.1 Å². The number of alkyl halides is 6. The highest BCUT2D eigenvalue weighted by Gasteiger charge is 2.43. The van der Waals surface area contributed by atoms with E-state index in [1.807, 2.05) is 10.6 Å². The van der Waals surface area contributed by atoms with Crippen LogP contribution in [0.15, 0.2) is 67.9 Å². The van der Waals surface area contributed by atoms with Crippen LogP contribution >= 0.6 is 47.0 Å². The van der Waals surface area contributed by atoms with E-state index in [0.717, 1.165) is 11.1 Å². The van der Waals surface area contributed by atoms with Gasteiger partial charge in [0.15, 0.2) is 33.9 Å². The minimum atomic E-state index is -5.14. The van der Waals surface area contributed by atoms with Gasteiger partial charge in [-0.2, -0.15) is 49.9 Å². The molecule has 80 heavy (non-hydrogen) atoms. The Morgan fingerprint density at radius 3 is 1.18 bits per heavy atom. The largest absolute Gasteiger partial charge is 0.493 e. The Kier molecular flexibility index (Phi) is 23.5. The highest BCUT2D eigenvalue weighted by Crippen LogP contribution is 2.52. The first kappa shape index (κ1) is 64.7. The van der Waals surface area contributed by atoms with Gasteiger partial charge in [0.2, 0.25) is 23.3 Å². The molecule has 0 heterocycles. The number of hydrogen-bond acceptors (Lipinski definition) is 16. The number of thioether (sulfide) groups is 4. The van der Waals surface area contributed by atoms with E-state index < -0.39 is 60.1 Å². The molecule has 0 saturated heterocycles. The summed E-state index contributed by atoms with van der Waals surface area (Å²) in [5.74, 6) is -2.92. The van der Waals surface area contributed by atoms with Crippen LogP contribution in [0.3, 0.4) is 0 Å². The lowest BCUT2D eigenvalue weighted by Gasteiger charge is -2.24. The SMILES string of the molecule is COc1cc2c(c(OC)c1OC)-c1ccc(SC)c(=O)cc1[C@@H](NC(=O)[C@@H](CCSC)NC(=O)C(F)(F)F)CC2.COc1cc2c(c(OC)c1OC)-c1ccc(SC)c(=O)cc1[C@@H](NC(=O)[C@H](CCSC)NC(=O)C(F)(F)F)CC2. The van der Waals surface area contributed by atoms with Crippen LogP contribution in [0.25, 0.3) is 22.3 Å². The molecule has 4 atom stereocenters. The highest BCUT2D eigenvalue weighted by molar-refractivity contribution is 7.99. The van der Waals surface area contributed by atoms with Crippen molar-refractivity contribution >= 4 is 70.7 Å². The molecule has 0 spiro atoms. The molecule has 2 aliphatic rings. The molecule has 4 aromatic carbocycles. The fourth-order valence-corrected chi connectivity index (χ4v) is 11.1. The van der Waals surface area contributed by atoms with Gasteiger partial charge in [-0.25, -0.2) is 0 Å². The number of benzene rings is 2. The number of methoxy groups -OCH3 is 6. The van der Waals surface area contributed by atoms with Crippen LogP contribution in [-0.2, 0) is 32.0 Å². The molecule has 0 saturated carbocycles.